The monoisotopic (exact) mass is 287 g/mol. The van der Waals surface area contributed by atoms with Crippen LogP contribution in [-0.2, 0) is 10.2 Å². The highest BCUT2D eigenvalue weighted by atomic mass is 16.5. The second-order valence-electron chi connectivity index (χ2n) is 7.49. The van der Waals surface area contributed by atoms with Gasteiger partial charge in [-0.3, -0.25) is 0 Å². The van der Waals surface area contributed by atoms with Gasteiger partial charge in [0.25, 0.3) is 0 Å². The molecule has 1 aromatic rings. The first-order valence-electron chi connectivity index (χ1n) is 8.44. The van der Waals surface area contributed by atoms with Gasteiger partial charge in [0.2, 0.25) is 0 Å². The predicted molar refractivity (Wildman–Crippen MR) is 87.6 cm³/mol. The Morgan fingerprint density at radius 3 is 2.52 bits per heavy atom. The molecule has 2 aliphatic rings. The third kappa shape index (κ3) is 2.76. The third-order valence-electron chi connectivity index (χ3n) is 5.87. The quantitative estimate of drug-likeness (QED) is 0.907. The Morgan fingerprint density at radius 1 is 1.24 bits per heavy atom. The molecule has 116 valence electrons. The van der Waals surface area contributed by atoms with Crippen LogP contribution in [0.4, 0.5) is 0 Å². The van der Waals surface area contributed by atoms with Crippen molar-refractivity contribution in [3.05, 3.63) is 35.9 Å². The van der Waals surface area contributed by atoms with Gasteiger partial charge >= 0.3 is 0 Å². The number of likely N-dealkylation sites (N-methyl/N-ethyl adjacent to an activating group) is 1. The van der Waals surface area contributed by atoms with Crippen molar-refractivity contribution in [3.8, 4) is 0 Å². The van der Waals surface area contributed by atoms with Crippen LogP contribution in [0.3, 0.4) is 0 Å². The van der Waals surface area contributed by atoms with E-state index in [1.54, 1.807) is 0 Å². The maximum Gasteiger partial charge on any atom is 0.0685 e. The number of rotatable bonds is 4. The number of ether oxygens (including phenoxy) is 1. The first-order chi connectivity index (χ1) is 10.1. The van der Waals surface area contributed by atoms with Crippen molar-refractivity contribution < 1.29 is 4.74 Å². The van der Waals surface area contributed by atoms with E-state index >= 15 is 0 Å². The Kier molecular flexibility index (Phi) is 4.11. The van der Waals surface area contributed by atoms with Crippen molar-refractivity contribution in [1.29, 1.82) is 0 Å². The van der Waals surface area contributed by atoms with Crippen LogP contribution in [0.2, 0.25) is 0 Å². The van der Waals surface area contributed by atoms with E-state index in [1.807, 2.05) is 0 Å². The largest absolute Gasteiger partial charge is 0.375 e. The Bertz CT molecular complexity index is 464. The van der Waals surface area contributed by atoms with Gasteiger partial charge < -0.3 is 10.1 Å². The van der Waals surface area contributed by atoms with Crippen LogP contribution in [0.25, 0.3) is 0 Å². The summed E-state index contributed by atoms with van der Waals surface area (Å²) < 4.78 is 6.12. The number of hydrogen-bond donors (Lipinski definition) is 1. The normalized spacial score (nSPS) is 26.3. The summed E-state index contributed by atoms with van der Waals surface area (Å²) in [6.45, 7) is 5.70. The lowest BCUT2D eigenvalue weighted by Crippen LogP contribution is -2.55. The molecule has 2 atom stereocenters. The minimum Gasteiger partial charge on any atom is -0.375 e. The van der Waals surface area contributed by atoms with Gasteiger partial charge in [-0.15, -0.1) is 0 Å². The lowest BCUT2D eigenvalue weighted by Gasteiger charge is -2.51. The first kappa shape index (κ1) is 15.1. The summed E-state index contributed by atoms with van der Waals surface area (Å²) >= 11 is 0. The summed E-state index contributed by atoms with van der Waals surface area (Å²) in [4.78, 5) is 0. The second kappa shape index (κ2) is 5.73. The van der Waals surface area contributed by atoms with E-state index < -0.39 is 0 Å². The molecule has 1 N–H and O–H groups in total. The number of nitrogens with one attached hydrogen (secondary N) is 1. The zero-order chi connectivity index (χ0) is 14.9. The van der Waals surface area contributed by atoms with Crippen molar-refractivity contribution in [3.63, 3.8) is 0 Å². The van der Waals surface area contributed by atoms with Gasteiger partial charge in [0.05, 0.1) is 5.60 Å². The molecule has 1 aromatic carbocycles. The Labute approximate surface area is 129 Å². The van der Waals surface area contributed by atoms with Crippen molar-refractivity contribution in [2.75, 3.05) is 13.7 Å². The molecule has 2 heteroatoms. The molecular formula is C19H29NO. The first-order valence-corrected chi connectivity index (χ1v) is 8.44. The topological polar surface area (TPSA) is 21.3 Å². The molecule has 21 heavy (non-hydrogen) atoms. The van der Waals surface area contributed by atoms with Crippen molar-refractivity contribution >= 4 is 0 Å². The lowest BCUT2D eigenvalue weighted by atomic mass is 9.65. The average molecular weight is 287 g/mol. The molecule has 1 saturated carbocycles. The van der Waals surface area contributed by atoms with E-state index in [1.165, 1.54) is 37.7 Å². The van der Waals surface area contributed by atoms with E-state index in [0.29, 0.717) is 12.0 Å². The molecule has 1 aliphatic heterocycles. The van der Waals surface area contributed by atoms with Crippen molar-refractivity contribution in [1.82, 2.24) is 5.32 Å². The molecule has 0 amide bonds. The van der Waals surface area contributed by atoms with Gasteiger partial charge in [0.15, 0.2) is 0 Å². The summed E-state index contributed by atoms with van der Waals surface area (Å²) in [6.07, 6.45) is 6.30. The minimum absolute atomic E-state index is 0.142. The van der Waals surface area contributed by atoms with E-state index in [2.05, 4.69) is 56.5 Å². The maximum atomic E-state index is 6.12. The fourth-order valence-corrected chi connectivity index (χ4v) is 4.50. The Balaban J connectivity index is 1.80. The fourth-order valence-electron chi connectivity index (χ4n) is 4.50. The van der Waals surface area contributed by atoms with Gasteiger partial charge in [0.1, 0.15) is 0 Å². The van der Waals surface area contributed by atoms with E-state index in [0.717, 1.165) is 6.61 Å². The van der Waals surface area contributed by atoms with Gasteiger partial charge in [-0.2, -0.15) is 0 Å². The number of hydrogen-bond acceptors (Lipinski definition) is 2. The number of benzene rings is 1. The van der Waals surface area contributed by atoms with Crippen LogP contribution in [0.1, 0.15) is 51.5 Å². The SMILES string of the molecule is CNC(C1CCOC2(CCC2)C1)C(C)(C)c1ccccc1. The highest BCUT2D eigenvalue weighted by Gasteiger charge is 2.46. The summed E-state index contributed by atoms with van der Waals surface area (Å²) in [6, 6.07) is 11.4. The highest BCUT2D eigenvalue weighted by molar-refractivity contribution is 5.26. The minimum atomic E-state index is 0.142. The summed E-state index contributed by atoms with van der Waals surface area (Å²) in [7, 11) is 2.12. The fraction of sp³-hybridized carbons (Fsp3) is 0.684. The van der Waals surface area contributed by atoms with Crippen molar-refractivity contribution in [2.24, 2.45) is 5.92 Å². The smallest absolute Gasteiger partial charge is 0.0685 e. The highest BCUT2D eigenvalue weighted by Crippen LogP contribution is 2.47. The zero-order valence-electron chi connectivity index (χ0n) is 13.7. The van der Waals surface area contributed by atoms with Crippen molar-refractivity contribution in [2.45, 2.75) is 63.0 Å². The molecular weight excluding hydrogens is 258 g/mol. The van der Waals surface area contributed by atoms with E-state index in [9.17, 15) is 0 Å². The molecule has 0 aromatic heterocycles. The molecule has 1 heterocycles. The van der Waals surface area contributed by atoms with E-state index in [-0.39, 0.29) is 11.0 Å². The van der Waals surface area contributed by atoms with Gasteiger partial charge in [-0.1, -0.05) is 44.2 Å². The third-order valence-corrected chi connectivity index (χ3v) is 5.87. The Morgan fingerprint density at radius 2 is 1.95 bits per heavy atom. The summed E-state index contributed by atoms with van der Waals surface area (Å²) in [5.74, 6) is 0.708. The van der Waals surface area contributed by atoms with Crippen LogP contribution >= 0.6 is 0 Å². The molecule has 1 aliphatic carbocycles. The molecule has 2 unspecified atom stereocenters. The average Bonchev–Trinajstić information content (AvgIpc) is 2.47. The molecule has 1 spiro atoms. The molecule has 2 fully saturated rings. The maximum absolute atomic E-state index is 6.12. The Hall–Kier alpha value is -0.860. The van der Waals surface area contributed by atoms with Gasteiger partial charge in [-0.25, -0.2) is 0 Å². The predicted octanol–water partition coefficient (Wildman–Crippen LogP) is 3.90. The van der Waals surface area contributed by atoms with Crippen LogP contribution < -0.4 is 5.32 Å². The summed E-state index contributed by atoms with van der Waals surface area (Å²) in [5, 5.41) is 3.64. The lowest BCUT2D eigenvalue weighted by molar-refractivity contribution is -0.149. The molecule has 2 nitrogen and oxygen atoms in total. The van der Waals surface area contributed by atoms with Gasteiger partial charge in [0, 0.05) is 18.1 Å². The summed E-state index contributed by atoms with van der Waals surface area (Å²) in [5.41, 5.74) is 1.80. The molecule has 0 radical (unpaired) electrons. The van der Waals surface area contributed by atoms with Crippen LogP contribution in [0.15, 0.2) is 30.3 Å². The molecule has 1 saturated heterocycles. The second-order valence-corrected chi connectivity index (χ2v) is 7.49. The molecule has 3 rings (SSSR count). The van der Waals surface area contributed by atoms with Crippen LogP contribution in [0.5, 0.6) is 0 Å². The standard InChI is InChI=1S/C19H29NO/c1-18(2,16-8-5-4-6-9-16)17(20-3)15-10-13-21-19(14-15)11-7-12-19/h4-6,8-9,15,17,20H,7,10-14H2,1-3H3. The van der Waals surface area contributed by atoms with Crippen LogP contribution in [-0.4, -0.2) is 25.3 Å². The molecule has 0 bridgehead atoms. The zero-order valence-corrected chi connectivity index (χ0v) is 13.7. The van der Waals surface area contributed by atoms with E-state index in [4.69, 9.17) is 4.74 Å². The van der Waals surface area contributed by atoms with Crippen LogP contribution in [0, 0.1) is 5.92 Å². The van der Waals surface area contributed by atoms with Gasteiger partial charge in [-0.05, 0) is 50.6 Å².